The van der Waals surface area contributed by atoms with E-state index in [4.69, 9.17) is 5.73 Å². The molecule has 0 unspecified atom stereocenters. The SMILES string of the molecule is C[C@H](C(=O)NC(N)=O)N(C)Cc1ccc2ccccc2c1. The van der Waals surface area contributed by atoms with Crippen LogP contribution in [-0.2, 0) is 11.3 Å². The molecular weight excluding hydrogens is 266 g/mol. The Morgan fingerprint density at radius 3 is 2.52 bits per heavy atom. The highest BCUT2D eigenvalue weighted by molar-refractivity contribution is 5.96. The van der Waals surface area contributed by atoms with Gasteiger partial charge in [0.05, 0.1) is 6.04 Å². The van der Waals surface area contributed by atoms with Gasteiger partial charge in [0.25, 0.3) is 0 Å². The van der Waals surface area contributed by atoms with Crippen LogP contribution in [0.2, 0.25) is 0 Å². The smallest absolute Gasteiger partial charge is 0.318 e. The monoisotopic (exact) mass is 285 g/mol. The molecule has 21 heavy (non-hydrogen) atoms. The van der Waals surface area contributed by atoms with Gasteiger partial charge in [-0.1, -0.05) is 36.4 Å². The van der Waals surface area contributed by atoms with Crippen LogP contribution in [-0.4, -0.2) is 29.9 Å². The minimum Gasteiger partial charge on any atom is -0.351 e. The van der Waals surface area contributed by atoms with Crippen LogP contribution in [0.1, 0.15) is 12.5 Å². The Balaban J connectivity index is 2.08. The zero-order valence-corrected chi connectivity index (χ0v) is 12.2. The maximum Gasteiger partial charge on any atom is 0.318 e. The number of nitrogens with two attached hydrogens (primary N) is 1. The van der Waals surface area contributed by atoms with E-state index in [-0.39, 0.29) is 0 Å². The molecular formula is C16H19N3O2. The standard InChI is InChI=1S/C16H19N3O2/c1-11(15(20)18-16(17)21)19(2)10-12-7-8-13-5-3-4-6-14(13)9-12/h3-9,11H,10H2,1-2H3,(H3,17,18,20,21)/t11-/m1/s1. The predicted molar refractivity (Wildman–Crippen MR) is 82.6 cm³/mol. The van der Waals surface area contributed by atoms with Gasteiger partial charge in [-0.05, 0) is 36.4 Å². The van der Waals surface area contributed by atoms with Crippen LogP contribution < -0.4 is 11.1 Å². The highest BCUT2D eigenvalue weighted by atomic mass is 16.2. The number of nitrogens with zero attached hydrogens (tertiary/aromatic N) is 1. The summed E-state index contributed by atoms with van der Waals surface area (Å²) in [5, 5.41) is 4.45. The number of benzene rings is 2. The number of rotatable bonds is 4. The first kappa shape index (κ1) is 15.0. The molecule has 2 rings (SSSR count). The van der Waals surface area contributed by atoms with Crippen molar-refractivity contribution in [2.45, 2.75) is 19.5 Å². The minimum atomic E-state index is -0.828. The van der Waals surface area contributed by atoms with Gasteiger partial charge in [-0.3, -0.25) is 15.0 Å². The van der Waals surface area contributed by atoms with E-state index in [0.717, 1.165) is 10.9 Å². The molecule has 0 bridgehead atoms. The van der Waals surface area contributed by atoms with Crippen LogP contribution in [0.5, 0.6) is 0 Å². The van der Waals surface area contributed by atoms with E-state index in [2.05, 4.69) is 29.6 Å². The number of amides is 3. The van der Waals surface area contributed by atoms with E-state index < -0.39 is 18.0 Å². The van der Waals surface area contributed by atoms with Crippen LogP contribution in [0.4, 0.5) is 4.79 Å². The summed E-state index contributed by atoms with van der Waals surface area (Å²) >= 11 is 0. The summed E-state index contributed by atoms with van der Waals surface area (Å²) in [4.78, 5) is 24.3. The number of primary amides is 1. The molecule has 3 N–H and O–H groups in total. The summed E-state index contributed by atoms with van der Waals surface area (Å²) in [7, 11) is 1.83. The topological polar surface area (TPSA) is 75.4 Å². The molecule has 0 spiro atoms. The molecule has 5 heteroatoms. The number of imide groups is 1. The summed E-state index contributed by atoms with van der Waals surface area (Å²) < 4.78 is 0. The molecule has 3 amide bonds. The largest absolute Gasteiger partial charge is 0.351 e. The number of hydrogen-bond acceptors (Lipinski definition) is 3. The molecule has 0 aliphatic rings. The third-order valence-electron chi connectivity index (χ3n) is 3.53. The van der Waals surface area contributed by atoms with Crippen LogP contribution in [0.25, 0.3) is 10.8 Å². The summed E-state index contributed by atoms with van der Waals surface area (Å²) in [5.41, 5.74) is 6.06. The average molecular weight is 285 g/mol. The van der Waals surface area contributed by atoms with Gasteiger partial charge in [0.1, 0.15) is 0 Å². The molecule has 0 aliphatic heterocycles. The quantitative estimate of drug-likeness (QED) is 0.900. The van der Waals surface area contributed by atoms with Crippen molar-refractivity contribution < 1.29 is 9.59 Å². The van der Waals surface area contributed by atoms with Gasteiger partial charge in [-0.25, -0.2) is 4.79 Å². The summed E-state index contributed by atoms with van der Waals surface area (Å²) in [5.74, 6) is -0.397. The van der Waals surface area contributed by atoms with Crippen molar-refractivity contribution >= 4 is 22.7 Å². The molecule has 5 nitrogen and oxygen atoms in total. The van der Waals surface area contributed by atoms with Gasteiger partial charge in [0, 0.05) is 6.54 Å². The Hall–Kier alpha value is -2.40. The first-order valence-corrected chi connectivity index (χ1v) is 6.75. The van der Waals surface area contributed by atoms with Crippen molar-refractivity contribution in [3.8, 4) is 0 Å². The number of fused-ring (bicyclic) bond motifs is 1. The number of hydrogen-bond donors (Lipinski definition) is 2. The van der Waals surface area contributed by atoms with Gasteiger partial charge in [-0.2, -0.15) is 0 Å². The molecule has 0 aromatic heterocycles. The Labute approximate surface area is 123 Å². The van der Waals surface area contributed by atoms with Crippen LogP contribution >= 0.6 is 0 Å². The van der Waals surface area contributed by atoms with Gasteiger partial charge in [0.15, 0.2) is 0 Å². The molecule has 2 aromatic rings. The lowest BCUT2D eigenvalue weighted by atomic mass is 10.1. The van der Waals surface area contributed by atoms with Gasteiger partial charge in [-0.15, -0.1) is 0 Å². The zero-order chi connectivity index (χ0) is 15.4. The predicted octanol–water partition coefficient (Wildman–Crippen LogP) is 1.85. The van der Waals surface area contributed by atoms with E-state index in [1.807, 2.05) is 30.1 Å². The lowest BCUT2D eigenvalue weighted by Gasteiger charge is -2.23. The van der Waals surface area contributed by atoms with Crippen molar-refractivity contribution in [2.75, 3.05) is 7.05 Å². The third-order valence-corrected chi connectivity index (χ3v) is 3.53. The van der Waals surface area contributed by atoms with Crippen molar-refractivity contribution in [1.29, 1.82) is 0 Å². The normalized spacial score (nSPS) is 12.3. The van der Waals surface area contributed by atoms with Crippen LogP contribution in [0, 0.1) is 0 Å². The van der Waals surface area contributed by atoms with E-state index in [0.29, 0.717) is 6.54 Å². The third kappa shape index (κ3) is 3.79. The lowest BCUT2D eigenvalue weighted by Crippen LogP contribution is -2.46. The van der Waals surface area contributed by atoms with Crippen molar-refractivity contribution in [3.05, 3.63) is 48.0 Å². The fourth-order valence-corrected chi connectivity index (χ4v) is 2.19. The molecule has 0 saturated carbocycles. The highest BCUT2D eigenvalue weighted by Crippen LogP contribution is 2.17. The second kappa shape index (κ2) is 6.37. The summed E-state index contributed by atoms with van der Waals surface area (Å²) in [6.45, 7) is 2.34. The number of likely N-dealkylation sites (N-methyl/N-ethyl adjacent to an activating group) is 1. The van der Waals surface area contributed by atoms with E-state index in [1.165, 1.54) is 5.39 Å². The van der Waals surface area contributed by atoms with Crippen molar-refractivity contribution in [1.82, 2.24) is 10.2 Å². The Morgan fingerprint density at radius 2 is 1.86 bits per heavy atom. The molecule has 0 aliphatic carbocycles. The summed E-state index contributed by atoms with van der Waals surface area (Å²) in [6, 6.07) is 13.1. The molecule has 0 radical (unpaired) electrons. The molecule has 0 fully saturated rings. The van der Waals surface area contributed by atoms with Gasteiger partial charge in [0.2, 0.25) is 5.91 Å². The molecule has 1 atom stereocenters. The Morgan fingerprint density at radius 1 is 1.19 bits per heavy atom. The zero-order valence-electron chi connectivity index (χ0n) is 12.2. The van der Waals surface area contributed by atoms with Crippen molar-refractivity contribution in [3.63, 3.8) is 0 Å². The van der Waals surface area contributed by atoms with E-state index >= 15 is 0 Å². The number of urea groups is 1. The Kier molecular flexibility index (Phi) is 4.55. The number of nitrogens with one attached hydrogen (secondary N) is 1. The molecule has 0 saturated heterocycles. The Bertz CT molecular complexity index is 669. The van der Waals surface area contributed by atoms with Gasteiger partial charge >= 0.3 is 6.03 Å². The fourth-order valence-electron chi connectivity index (χ4n) is 2.19. The van der Waals surface area contributed by atoms with Crippen LogP contribution in [0.3, 0.4) is 0 Å². The van der Waals surface area contributed by atoms with Crippen molar-refractivity contribution in [2.24, 2.45) is 5.73 Å². The second-order valence-corrected chi connectivity index (χ2v) is 5.13. The van der Waals surface area contributed by atoms with E-state index in [9.17, 15) is 9.59 Å². The highest BCUT2D eigenvalue weighted by Gasteiger charge is 2.19. The molecule has 0 heterocycles. The fraction of sp³-hybridized carbons (Fsp3) is 0.250. The van der Waals surface area contributed by atoms with E-state index in [1.54, 1.807) is 6.92 Å². The first-order chi connectivity index (χ1) is 9.97. The van der Waals surface area contributed by atoms with Gasteiger partial charge < -0.3 is 5.73 Å². The maximum atomic E-state index is 11.7. The molecule has 110 valence electrons. The average Bonchev–Trinajstić information content (AvgIpc) is 2.45. The first-order valence-electron chi connectivity index (χ1n) is 6.75. The number of carbonyl (C=O) groups excluding carboxylic acids is 2. The summed E-state index contributed by atoms with van der Waals surface area (Å²) in [6.07, 6.45) is 0. The molecule has 2 aromatic carbocycles. The van der Waals surface area contributed by atoms with Crippen LogP contribution in [0.15, 0.2) is 42.5 Å². The lowest BCUT2D eigenvalue weighted by molar-refractivity contribution is -0.124. The second-order valence-electron chi connectivity index (χ2n) is 5.13. The minimum absolute atomic E-state index is 0.397. The number of carbonyl (C=O) groups is 2. The maximum absolute atomic E-state index is 11.7.